The molecule has 172 valence electrons. The summed E-state index contributed by atoms with van der Waals surface area (Å²) in [5.74, 6) is -1.79. The Morgan fingerprint density at radius 1 is 0.941 bits per heavy atom. The van der Waals surface area contributed by atoms with Crippen LogP contribution in [0.4, 0.5) is 0 Å². The van der Waals surface area contributed by atoms with Crippen molar-refractivity contribution in [2.75, 3.05) is 0 Å². The van der Waals surface area contributed by atoms with Crippen LogP contribution in [-0.4, -0.2) is 28.0 Å². The van der Waals surface area contributed by atoms with Gasteiger partial charge < -0.3 is 10.4 Å². The van der Waals surface area contributed by atoms with E-state index < -0.39 is 17.9 Å². The summed E-state index contributed by atoms with van der Waals surface area (Å²) in [5.41, 5.74) is 5.93. The summed E-state index contributed by atoms with van der Waals surface area (Å²) >= 11 is 12.2. The van der Waals surface area contributed by atoms with Crippen molar-refractivity contribution in [3.8, 4) is 11.3 Å². The van der Waals surface area contributed by atoms with Crippen LogP contribution in [0.15, 0.2) is 66.7 Å². The fraction of sp³-hybridized carbons (Fsp3) is 0.148. The second-order valence-corrected chi connectivity index (χ2v) is 8.97. The van der Waals surface area contributed by atoms with Gasteiger partial charge in [-0.05, 0) is 60.9 Å². The first-order valence-electron chi connectivity index (χ1n) is 10.7. The standard InChI is InChI=1S/C27H22Cl2N2O3/c1-15-5-3-6-16(2)24(15)22-12-10-18-13-17(9-11-21(18)30-22)14-23(27(33)34)31-26(32)25-19(28)7-4-8-20(25)29/h3-13,23H,14H2,1-2H3,(H,31,32)(H,33,34)/t23-/m0/s1. The molecular formula is C27H22Cl2N2O3. The fourth-order valence-electron chi connectivity index (χ4n) is 4.04. The van der Waals surface area contributed by atoms with Gasteiger partial charge in [-0.25, -0.2) is 9.78 Å². The number of pyridine rings is 1. The summed E-state index contributed by atoms with van der Waals surface area (Å²) in [4.78, 5) is 29.4. The number of hydrogen-bond acceptors (Lipinski definition) is 3. The Hall–Kier alpha value is -3.41. The molecule has 7 heteroatoms. The molecule has 1 amide bonds. The number of halogens is 2. The lowest BCUT2D eigenvalue weighted by Gasteiger charge is -2.16. The molecular weight excluding hydrogens is 471 g/mol. The third-order valence-corrected chi connectivity index (χ3v) is 6.35. The van der Waals surface area contributed by atoms with Crippen molar-refractivity contribution < 1.29 is 14.7 Å². The van der Waals surface area contributed by atoms with E-state index in [9.17, 15) is 14.7 Å². The van der Waals surface area contributed by atoms with Crippen molar-refractivity contribution in [2.45, 2.75) is 26.3 Å². The monoisotopic (exact) mass is 492 g/mol. The predicted molar refractivity (Wildman–Crippen MR) is 136 cm³/mol. The maximum absolute atomic E-state index is 12.7. The number of aliphatic carboxylic acids is 1. The van der Waals surface area contributed by atoms with Crippen molar-refractivity contribution >= 4 is 46.0 Å². The van der Waals surface area contributed by atoms with E-state index in [4.69, 9.17) is 28.2 Å². The minimum atomic E-state index is -1.15. The Kier molecular flexibility index (Phi) is 6.87. The van der Waals surface area contributed by atoms with Crippen molar-refractivity contribution in [1.29, 1.82) is 0 Å². The average molecular weight is 493 g/mol. The molecule has 0 saturated carbocycles. The number of benzene rings is 3. The topological polar surface area (TPSA) is 79.3 Å². The molecule has 4 aromatic rings. The first-order chi connectivity index (χ1) is 16.2. The molecule has 0 aliphatic heterocycles. The number of nitrogens with zero attached hydrogens (tertiary/aromatic N) is 1. The number of aryl methyl sites for hydroxylation is 2. The Bertz CT molecular complexity index is 1380. The van der Waals surface area contributed by atoms with Crippen LogP contribution >= 0.6 is 23.2 Å². The van der Waals surface area contributed by atoms with Gasteiger partial charge in [-0.3, -0.25) is 4.79 Å². The van der Waals surface area contributed by atoms with Crippen molar-refractivity contribution in [3.05, 3.63) is 99.0 Å². The molecule has 2 N–H and O–H groups in total. The number of amides is 1. The van der Waals surface area contributed by atoms with E-state index in [1.54, 1.807) is 6.07 Å². The number of carboxylic acids is 1. The molecule has 1 aromatic heterocycles. The molecule has 0 fully saturated rings. The van der Waals surface area contributed by atoms with Crippen molar-refractivity contribution in [2.24, 2.45) is 0 Å². The molecule has 34 heavy (non-hydrogen) atoms. The molecule has 5 nitrogen and oxygen atoms in total. The molecule has 1 atom stereocenters. The van der Waals surface area contributed by atoms with Crippen LogP contribution in [0.2, 0.25) is 10.0 Å². The van der Waals surface area contributed by atoms with E-state index in [1.165, 1.54) is 12.1 Å². The molecule has 0 radical (unpaired) electrons. The summed E-state index contributed by atoms with van der Waals surface area (Å²) < 4.78 is 0. The summed E-state index contributed by atoms with van der Waals surface area (Å²) in [5, 5.41) is 13.4. The molecule has 1 heterocycles. The van der Waals surface area contributed by atoms with E-state index in [0.717, 1.165) is 38.9 Å². The summed E-state index contributed by atoms with van der Waals surface area (Å²) in [6.45, 7) is 4.13. The van der Waals surface area contributed by atoms with Crippen molar-refractivity contribution in [1.82, 2.24) is 10.3 Å². The highest BCUT2D eigenvalue weighted by Crippen LogP contribution is 2.28. The molecule has 3 aromatic carbocycles. The fourth-order valence-corrected chi connectivity index (χ4v) is 4.61. The van der Waals surface area contributed by atoms with Gasteiger partial charge >= 0.3 is 5.97 Å². The lowest BCUT2D eigenvalue weighted by atomic mass is 9.98. The first-order valence-corrected chi connectivity index (χ1v) is 11.4. The first kappa shape index (κ1) is 23.7. The van der Waals surface area contributed by atoms with Crippen LogP contribution in [-0.2, 0) is 11.2 Å². The summed E-state index contributed by atoms with van der Waals surface area (Å²) in [6, 6.07) is 19.2. The number of carbonyl (C=O) groups excluding carboxylic acids is 1. The Morgan fingerprint density at radius 2 is 1.59 bits per heavy atom. The van der Waals surface area contributed by atoms with Crippen LogP contribution in [0.3, 0.4) is 0 Å². The zero-order valence-electron chi connectivity index (χ0n) is 18.6. The second-order valence-electron chi connectivity index (χ2n) is 8.16. The van der Waals surface area contributed by atoms with E-state index in [1.807, 2.05) is 36.4 Å². The number of rotatable bonds is 6. The largest absolute Gasteiger partial charge is 0.480 e. The normalized spacial score (nSPS) is 11.9. The van der Waals surface area contributed by atoms with Crippen LogP contribution in [0, 0.1) is 13.8 Å². The van der Waals surface area contributed by atoms with E-state index >= 15 is 0 Å². The average Bonchev–Trinajstić information content (AvgIpc) is 2.78. The smallest absolute Gasteiger partial charge is 0.326 e. The molecule has 0 aliphatic carbocycles. The lowest BCUT2D eigenvalue weighted by Crippen LogP contribution is -2.42. The van der Waals surface area contributed by atoms with Crippen LogP contribution in [0.5, 0.6) is 0 Å². The van der Waals surface area contributed by atoms with Gasteiger partial charge in [0.1, 0.15) is 6.04 Å². The van der Waals surface area contributed by atoms with Crippen LogP contribution < -0.4 is 5.32 Å². The Balaban J connectivity index is 1.59. The number of nitrogens with one attached hydrogen (secondary N) is 1. The Morgan fingerprint density at radius 3 is 2.24 bits per heavy atom. The van der Waals surface area contributed by atoms with E-state index in [2.05, 4.69) is 31.3 Å². The maximum atomic E-state index is 12.7. The minimum absolute atomic E-state index is 0.0545. The van der Waals surface area contributed by atoms with Gasteiger partial charge in [-0.2, -0.15) is 0 Å². The van der Waals surface area contributed by atoms with Gasteiger partial charge in [0, 0.05) is 17.4 Å². The Labute approximate surface area is 207 Å². The van der Waals surface area contributed by atoms with Gasteiger partial charge in [0.25, 0.3) is 5.91 Å². The number of aromatic nitrogens is 1. The van der Waals surface area contributed by atoms with Gasteiger partial charge in [0.05, 0.1) is 26.8 Å². The molecule has 0 spiro atoms. The highest BCUT2D eigenvalue weighted by Gasteiger charge is 2.24. The van der Waals surface area contributed by atoms with E-state index in [0.29, 0.717) is 0 Å². The van der Waals surface area contributed by atoms with Crippen molar-refractivity contribution in [3.63, 3.8) is 0 Å². The minimum Gasteiger partial charge on any atom is -0.480 e. The maximum Gasteiger partial charge on any atom is 0.326 e. The zero-order chi connectivity index (χ0) is 24.4. The highest BCUT2D eigenvalue weighted by molar-refractivity contribution is 6.39. The third kappa shape index (κ3) is 4.91. The SMILES string of the molecule is Cc1cccc(C)c1-c1ccc2cc(C[C@H](NC(=O)c3c(Cl)cccc3Cl)C(=O)O)ccc2n1. The lowest BCUT2D eigenvalue weighted by molar-refractivity contribution is -0.139. The predicted octanol–water partition coefficient (Wildman–Crippen LogP) is 6.25. The number of carboxylic acid groups (broad SMARTS) is 1. The van der Waals surface area contributed by atoms with Gasteiger partial charge in [0.2, 0.25) is 0 Å². The quantitative estimate of drug-likeness (QED) is 0.333. The second kappa shape index (κ2) is 9.84. The molecule has 0 saturated heterocycles. The molecule has 4 rings (SSSR count). The highest BCUT2D eigenvalue weighted by atomic mass is 35.5. The van der Waals surface area contributed by atoms with E-state index in [-0.39, 0.29) is 22.0 Å². The van der Waals surface area contributed by atoms with Gasteiger partial charge in [0.15, 0.2) is 0 Å². The van der Waals surface area contributed by atoms with Crippen LogP contribution in [0.25, 0.3) is 22.2 Å². The number of carbonyl (C=O) groups is 2. The van der Waals surface area contributed by atoms with Gasteiger partial charge in [-0.15, -0.1) is 0 Å². The zero-order valence-corrected chi connectivity index (χ0v) is 20.1. The van der Waals surface area contributed by atoms with Crippen LogP contribution in [0.1, 0.15) is 27.0 Å². The molecule has 0 unspecified atom stereocenters. The summed E-state index contributed by atoms with van der Waals surface area (Å²) in [6.07, 6.45) is 0.0950. The molecule has 0 aliphatic rings. The number of fused-ring (bicyclic) bond motifs is 1. The summed E-state index contributed by atoms with van der Waals surface area (Å²) in [7, 11) is 0. The third-order valence-electron chi connectivity index (χ3n) is 5.72. The number of hydrogen-bond donors (Lipinski definition) is 2. The van der Waals surface area contributed by atoms with Gasteiger partial charge in [-0.1, -0.05) is 59.6 Å². The molecule has 0 bridgehead atoms.